The van der Waals surface area contributed by atoms with Crippen LogP contribution in [0, 0.1) is 10.1 Å². The van der Waals surface area contributed by atoms with Crippen LogP contribution in [0.25, 0.3) is 0 Å². The SMILES string of the molecule is Nc1nc(N)c(C(c2ccccc2[N+](=O)[O-])c2c(N)nc(N)[nH]c2=O)c(=O)[nH]1. The molecule has 0 spiro atoms. The Morgan fingerprint density at radius 1 is 0.893 bits per heavy atom. The van der Waals surface area contributed by atoms with Crippen molar-refractivity contribution in [3.63, 3.8) is 0 Å². The third-order valence-electron chi connectivity index (χ3n) is 4.03. The average Bonchev–Trinajstić information content (AvgIpc) is 2.58. The molecule has 3 rings (SSSR count). The number of aromatic amines is 2. The summed E-state index contributed by atoms with van der Waals surface area (Å²) in [6.07, 6.45) is 0. The molecule has 1 aromatic carbocycles. The molecule has 0 aliphatic heterocycles. The van der Waals surface area contributed by atoms with Crippen LogP contribution in [0.5, 0.6) is 0 Å². The van der Waals surface area contributed by atoms with Crippen molar-refractivity contribution in [1.29, 1.82) is 0 Å². The van der Waals surface area contributed by atoms with Crippen molar-refractivity contribution in [2.24, 2.45) is 0 Å². The fourth-order valence-electron chi connectivity index (χ4n) is 2.95. The van der Waals surface area contributed by atoms with Crippen molar-refractivity contribution in [2.45, 2.75) is 5.92 Å². The second-order valence-electron chi connectivity index (χ2n) is 5.75. The Labute approximate surface area is 155 Å². The molecule has 0 bridgehead atoms. The smallest absolute Gasteiger partial charge is 0.273 e. The largest absolute Gasteiger partial charge is 0.383 e. The van der Waals surface area contributed by atoms with Gasteiger partial charge in [-0.25, -0.2) is 0 Å². The predicted octanol–water partition coefficient (Wildman–Crippen LogP) is -0.730. The number of rotatable bonds is 4. The highest BCUT2D eigenvalue weighted by molar-refractivity contribution is 5.61. The number of aromatic nitrogens is 4. The van der Waals surface area contributed by atoms with Gasteiger partial charge in [0.15, 0.2) is 0 Å². The van der Waals surface area contributed by atoms with E-state index in [0.717, 1.165) is 0 Å². The molecule has 0 aliphatic rings. The minimum atomic E-state index is -1.35. The molecule has 2 aromatic heterocycles. The highest BCUT2D eigenvalue weighted by atomic mass is 16.6. The van der Waals surface area contributed by atoms with E-state index in [1.807, 2.05) is 0 Å². The number of nitro groups is 1. The van der Waals surface area contributed by atoms with Crippen LogP contribution in [-0.2, 0) is 0 Å². The maximum Gasteiger partial charge on any atom is 0.273 e. The lowest BCUT2D eigenvalue weighted by Crippen LogP contribution is -2.29. The zero-order valence-electron chi connectivity index (χ0n) is 14.2. The zero-order valence-corrected chi connectivity index (χ0v) is 14.2. The number of benzene rings is 1. The van der Waals surface area contributed by atoms with Crippen molar-refractivity contribution in [3.8, 4) is 0 Å². The van der Waals surface area contributed by atoms with Crippen molar-refractivity contribution in [1.82, 2.24) is 19.9 Å². The molecule has 10 N–H and O–H groups in total. The van der Waals surface area contributed by atoms with Crippen molar-refractivity contribution in [2.75, 3.05) is 22.9 Å². The van der Waals surface area contributed by atoms with Gasteiger partial charge in [0.25, 0.3) is 16.8 Å². The summed E-state index contributed by atoms with van der Waals surface area (Å²) in [6.45, 7) is 0. The van der Waals surface area contributed by atoms with E-state index in [9.17, 15) is 19.7 Å². The van der Waals surface area contributed by atoms with Crippen LogP contribution in [0.2, 0.25) is 0 Å². The van der Waals surface area contributed by atoms with E-state index in [-0.39, 0.29) is 45.9 Å². The van der Waals surface area contributed by atoms with Crippen LogP contribution in [0.3, 0.4) is 0 Å². The molecule has 0 atom stereocenters. The fourth-order valence-corrected chi connectivity index (χ4v) is 2.95. The molecule has 0 aliphatic carbocycles. The molecule has 0 radical (unpaired) electrons. The van der Waals surface area contributed by atoms with Crippen molar-refractivity contribution >= 4 is 29.2 Å². The molecule has 0 saturated carbocycles. The number of hydrogen-bond acceptors (Lipinski definition) is 10. The molecular weight excluding hydrogens is 370 g/mol. The summed E-state index contributed by atoms with van der Waals surface area (Å²) in [5.74, 6) is -2.51. The highest BCUT2D eigenvalue weighted by Gasteiger charge is 2.33. The first-order valence-corrected chi connectivity index (χ1v) is 7.74. The summed E-state index contributed by atoms with van der Waals surface area (Å²) >= 11 is 0. The summed E-state index contributed by atoms with van der Waals surface area (Å²) in [4.78, 5) is 48.2. The quantitative estimate of drug-likeness (QED) is 0.243. The Bertz CT molecular complexity index is 1140. The Morgan fingerprint density at radius 3 is 1.79 bits per heavy atom. The summed E-state index contributed by atoms with van der Waals surface area (Å²) in [6, 6.07) is 5.52. The maximum absolute atomic E-state index is 12.6. The molecule has 2 heterocycles. The number of nitro benzene ring substituents is 1. The lowest BCUT2D eigenvalue weighted by atomic mass is 9.85. The zero-order chi connectivity index (χ0) is 20.6. The Balaban J connectivity index is 2.47. The second kappa shape index (κ2) is 6.71. The molecule has 3 aromatic rings. The lowest BCUT2D eigenvalue weighted by Gasteiger charge is -2.19. The highest BCUT2D eigenvalue weighted by Crippen LogP contribution is 2.37. The average molecular weight is 385 g/mol. The number of nitrogen functional groups attached to an aromatic ring is 4. The number of H-pyrrole nitrogens is 2. The summed E-state index contributed by atoms with van der Waals surface area (Å²) in [5.41, 5.74) is 20.3. The van der Waals surface area contributed by atoms with E-state index in [2.05, 4.69) is 19.9 Å². The first-order chi connectivity index (χ1) is 13.2. The molecule has 13 nitrogen and oxygen atoms in total. The molecule has 144 valence electrons. The number of nitrogens with two attached hydrogens (primary N) is 4. The predicted molar refractivity (Wildman–Crippen MR) is 101 cm³/mol. The van der Waals surface area contributed by atoms with Crippen LogP contribution in [0.15, 0.2) is 33.9 Å². The molecule has 0 fully saturated rings. The standard InChI is InChI=1S/C15H15N9O4/c16-10-8(12(25)22-14(18)20-10)7(5-3-1-2-4-6(5)24(27)28)9-11(17)21-15(19)23-13(9)26/h1-4,7H,(H5,16,18,20,22,25)(H5,17,19,21,23,26). The molecule has 28 heavy (non-hydrogen) atoms. The Kier molecular flexibility index (Phi) is 4.40. The van der Waals surface area contributed by atoms with E-state index in [1.54, 1.807) is 0 Å². The minimum absolute atomic E-state index is 0.0138. The van der Waals surface area contributed by atoms with Gasteiger partial charge in [0.2, 0.25) is 11.9 Å². The van der Waals surface area contributed by atoms with E-state index in [4.69, 9.17) is 22.9 Å². The number of anilines is 4. The number of para-hydroxylation sites is 1. The Morgan fingerprint density at radius 2 is 1.36 bits per heavy atom. The molecular formula is C15H15N9O4. The van der Waals surface area contributed by atoms with Crippen molar-refractivity contribution < 1.29 is 4.92 Å². The van der Waals surface area contributed by atoms with Gasteiger partial charge in [-0.3, -0.25) is 29.7 Å². The van der Waals surface area contributed by atoms with Gasteiger partial charge in [0.05, 0.1) is 22.0 Å². The van der Waals surface area contributed by atoms with Gasteiger partial charge in [-0.15, -0.1) is 0 Å². The summed E-state index contributed by atoms with van der Waals surface area (Å²) in [5, 5.41) is 11.5. The summed E-state index contributed by atoms with van der Waals surface area (Å²) < 4.78 is 0. The lowest BCUT2D eigenvalue weighted by molar-refractivity contribution is -0.385. The molecule has 0 saturated heterocycles. The topological polar surface area (TPSA) is 239 Å². The van der Waals surface area contributed by atoms with E-state index in [0.29, 0.717) is 0 Å². The van der Waals surface area contributed by atoms with Crippen LogP contribution in [0.1, 0.15) is 22.6 Å². The number of hydrogen-bond donors (Lipinski definition) is 6. The van der Waals surface area contributed by atoms with Gasteiger partial charge in [0.1, 0.15) is 11.6 Å². The summed E-state index contributed by atoms with van der Waals surface area (Å²) in [7, 11) is 0. The van der Waals surface area contributed by atoms with E-state index in [1.165, 1.54) is 24.3 Å². The van der Waals surface area contributed by atoms with Crippen LogP contribution < -0.4 is 34.1 Å². The van der Waals surface area contributed by atoms with Gasteiger partial charge in [-0.1, -0.05) is 18.2 Å². The molecule has 0 unspecified atom stereocenters. The second-order valence-corrected chi connectivity index (χ2v) is 5.75. The maximum atomic E-state index is 12.6. The minimum Gasteiger partial charge on any atom is -0.383 e. The van der Waals surface area contributed by atoms with Crippen LogP contribution >= 0.6 is 0 Å². The van der Waals surface area contributed by atoms with Gasteiger partial charge < -0.3 is 22.9 Å². The number of nitrogens with one attached hydrogen (secondary N) is 2. The Hall–Kier alpha value is -4.42. The first kappa shape index (κ1) is 18.4. The number of nitrogens with zero attached hydrogens (tertiary/aromatic N) is 3. The first-order valence-electron chi connectivity index (χ1n) is 7.74. The van der Waals surface area contributed by atoms with Crippen LogP contribution in [-0.4, -0.2) is 24.9 Å². The molecule has 0 amide bonds. The molecule has 13 heteroatoms. The van der Waals surface area contributed by atoms with Gasteiger partial charge in [0, 0.05) is 11.6 Å². The fraction of sp³-hybridized carbons (Fsp3) is 0.0667. The van der Waals surface area contributed by atoms with Gasteiger partial charge in [-0.2, -0.15) is 9.97 Å². The van der Waals surface area contributed by atoms with Gasteiger partial charge in [-0.05, 0) is 0 Å². The van der Waals surface area contributed by atoms with Crippen molar-refractivity contribution in [3.05, 3.63) is 71.8 Å². The normalized spacial score (nSPS) is 10.9. The third-order valence-corrected chi connectivity index (χ3v) is 4.03. The van der Waals surface area contributed by atoms with E-state index < -0.39 is 22.0 Å². The van der Waals surface area contributed by atoms with Crippen LogP contribution in [0.4, 0.5) is 29.2 Å². The third kappa shape index (κ3) is 3.07. The van der Waals surface area contributed by atoms with E-state index >= 15 is 0 Å². The monoisotopic (exact) mass is 385 g/mol. The van der Waals surface area contributed by atoms with Gasteiger partial charge >= 0.3 is 0 Å².